The summed E-state index contributed by atoms with van der Waals surface area (Å²) in [5.41, 5.74) is 6.34. The first kappa shape index (κ1) is 35.2. The molecule has 226 valence electrons. The van der Waals surface area contributed by atoms with Crippen molar-refractivity contribution in [2.24, 2.45) is 11.7 Å². The predicted molar refractivity (Wildman–Crippen MR) is 150 cm³/mol. The second kappa shape index (κ2) is 17.8. The minimum absolute atomic E-state index is 0.000825. The molecule has 0 aliphatic rings. The van der Waals surface area contributed by atoms with Crippen LogP contribution in [0.5, 0.6) is 0 Å². The zero-order valence-corrected chi connectivity index (χ0v) is 24.6. The van der Waals surface area contributed by atoms with Gasteiger partial charge in [-0.3, -0.25) is 29.2 Å². The van der Waals surface area contributed by atoms with E-state index in [0.717, 1.165) is 10.5 Å². The lowest BCUT2D eigenvalue weighted by Gasteiger charge is -2.29. The van der Waals surface area contributed by atoms with E-state index in [-0.39, 0.29) is 31.8 Å². The lowest BCUT2D eigenvalue weighted by Crippen LogP contribution is -2.56. The van der Waals surface area contributed by atoms with Crippen molar-refractivity contribution in [3.8, 4) is 0 Å². The average molecular weight is 586 g/mol. The molecule has 0 unspecified atom stereocenters. The third-order valence-electron chi connectivity index (χ3n) is 6.07. The number of nitrogens with two attached hydrogens (primary N) is 1. The monoisotopic (exact) mass is 585 g/mol. The van der Waals surface area contributed by atoms with E-state index >= 15 is 0 Å². The highest BCUT2D eigenvalue weighted by atomic mass is 31.2. The molecule has 0 aliphatic carbocycles. The fourth-order valence-corrected chi connectivity index (χ4v) is 4.68. The van der Waals surface area contributed by atoms with Gasteiger partial charge in [0.25, 0.3) is 5.91 Å². The van der Waals surface area contributed by atoms with Crippen LogP contribution in [0.15, 0.2) is 30.3 Å². The summed E-state index contributed by atoms with van der Waals surface area (Å²) in [7, 11) is -3.28. The fourth-order valence-electron chi connectivity index (χ4n) is 3.83. The van der Waals surface area contributed by atoms with Crippen LogP contribution in [0.25, 0.3) is 0 Å². The number of rotatable bonds is 17. The Balaban J connectivity index is 2.87. The van der Waals surface area contributed by atoms with Gasteiger partial charge in [-0.1, -0.05) is 51.1 Å². The van der Waals surface area contributed by atoms with Gasteiger partial charge >= 0.3 is 13.7 Å². The molecular formula is C26H44N5O8P. The third kappa shape index (κ3) is 13.0. The second-order valence-corrected chi connectivity index (χ2v) is 11.7. The number of ether oxygens (including phenoxy) is 1. The number of carbonyl (C=O) groups excluding carboxylic acids is 4. The highest BCUT2D eigenvalue weighted by molar-refractivity contribution is 7.52. The number of nitrogens with zero attached hydrogens (tertiary/aromatic N) is 1. The molecule has 0 fully saturated rings. The molecule has 0 saturated heterocycles. The number of benzene rings is 1. The SMILES string of the molecule is CC[C@H](N[C@@H](CC(C)C)C(=O)N[C@@H](CCCCN)C(=O)N(C)C(=O)CNC(=O)OCc1ccccc1)P(=O)(O)O. The van der Waals surface area contributed by atoms with E-state index in [0.29, 0.717) is 19.4 Å². The molecule has 40 heavy (non-hydrogen) atoms. The van der Waals surface area contributed by atoms with Gasteiger partial charge in [0.15, 0.2) is 0 Å². The summed E-state index contributed by atoms with van der Waals surface area (Å²) in [6.45, 7) is 5.18. The molecule has 0 aromatic heterocycles. The second-order valence-electron chi connectivity index (χ2n) is 9.91. The van der Waals surface area contributed by atoms with E-state index in [1.807, 2.05) is 19.9 Å². The maximum Gasteiger partial charge on any atom is 0.407 e. The van der Waals surface area contributed by atoms with Crippen LogP contribution in [-0.4, -0.2) is 76.5 Å². The Labute approximate surface area is 235 Å². The van der Waals surface area contributed by atoms with Gasteiger partial charge in [-0.25, -0.2) is 4.79 Å². The van der Waals surface area contributed by atoms with Crippen molar-refractivity contribution in [2.75, 3.05) is 20.1 Å². The summed E-state index contributed by atoms with van der Waals surface area (Å²) in [5, 5.41) is 7.71. The number of unbranched alkanes of at least 4 members (excludes halogenated alkanes) is 1. The molecule has 13 nitrogen and oxygen atoms in total. The van der Waals surface area contributed by atoms with Crippen LogP contribution < -0.4 is 21.7 Å². The highest BCUT2D eigenvalue weighted by Crippen LogP contribution is 2.41. The zero-order chi connectivity index (χ0) is 30.3. The van der Waals surface area contributed by atoms with Gasteiger partial charge in [-0.15, -0.1) is 0 Å². The summed E-state index contributed by atoms with van der Waals surface area (Å²) in [5.74, 6) is -3.26. The van der Waals surface area contributed by atoms with Gasteiger partial charge in [-0.05, 0) is 50.1 Å². The first-order valence-corrected chi connectivity index (χ1v) is 15.0. The van der Waals surface area contributed by atoms with Gasteiger partial charge in [0.1, 0.15) is 25.0 Å². The first-order chi connectivity index (χ1) is 18.8. The number of amides is 4. The lowest BCUT2D eigenvalue weighted by molar-refractivity contribution is -0.145. The van der Waals surface area contributed by atoms with Crippen molar-refractivity contribution >= 4 is 31.4 Å². The number of hydrogen-bond donors (Lipinski definition) is 6. The highest BCUT2D eigenvalue weighted by Gasteiger charge is 2.34. The normalized spacial score (nSPS) is 13.7. The molecule has 0 bridgehead atoms. The predicted octanol–water partition coefficient (Wildman–Crippen LogP) is 1.43. The molecule has 14 heteroatoms. The molecule has 7 N–H and O–H groups in total. The molecular weight excluding hydrogens is 541 g/mol. The Morgan fingerprint density at radius 2 is 1.73 bits per heavy atom. The summed E-state index contributed by atoms with van der Waals surface area (Å²) >= 11 is 0. The summed E-state index contributed by atoms with van der Waals surface area (Å²) in [6.07, 6.45) is 0.774. The maximum atomic E-state index is 13.2. The quantitative estimate of drug-likeness (QED) is 0.115. The van der Waals surface area contributed by atoms with E-state index < -0.39 is 55.8 Å². The van der Waals surface area contributed by atoms with E-state index in [9.17, 15) is 33.5 Å². The van der Waals surface area contributed by atoms with E-state index in [4.69, 9.17) is 10.5 Å². The minimum atomic E-state index is -4.52. The van der Waals surface area contributed by atoms with Gasteiger partial charge in [0.2, 0.25) is 11.8 Å². The van der Waals surface area contributed by atoms with Crippen molar-refractivity contribution in [3.63, 3.8) is 0 Å². The molecule has 0 aliphatic heterocycles. The van der Waals surface area contributed by atoms with Crippen LogP contribution in [0.3, 0.4) is 0 Å². The summed E-state index contributed by atoms with van der Waals surface area (Å²) in [6, 6.07) is 6.90. The lowest BCUT2D eigenvalue weighted by atomic mass is 10.0. The third-order valence-corrected chi connectivity index (χ3v) is 7.40. The van der Waals surface area contributed by atoms with Crippen molar-refractivity contribution in [2.45, 2.75) is 77.3 Å². The van der Waals surface area contributed by atoms with Crippen LogP contribution in [0.1, 0.15) is 58.4 Å². The summed E-state index contributed by atoms with van der Waals surface area (Å²) < 4.78 is 16.9. The van der Waals surface area contributed by atoms with Crippen molar-refractivity contribution in [3.05, 3.63) is 35.9 Å². The van der Waals surface area contributed by atoms with E-state index in [1.165, 1.54) is 7.05 Å². The summed E-state index contributed by atoms with van der Waals surface area (Å²) in [4.78, 5) is 71.2. The Morgan fingerprint density at radius 3 is 2.27 bits per heavy atom. The molecule has 1 aromatic rings. The average Bonchev–Trinajstić information content (AvgIpc) is 2.90. The largest absolute Gasteiger partial charge is 0.445 e. The number of alkyl carbamates (subject to hydrolysis) is 1. The van der Waals surface area contributed by atoms with Crippen LogP contribution in [-0.2, 0) is 30.3 Å². The molecule has 0 spiro atoms. The Morgan fingerprint density at radius 1 is 1.07 bits per heavy atom. The molecule has 4 amide bonds. The Hall–Kier alpha value is -2.83. The van der Waals surface area contributed by atoms with Crippen molar-refractivity contribution < 1.29 is 38.3 Å². The van der Waals surface area contributed by atoms with Crippen LogP contribution in [0.4, 0.5) is 4.79 Å². The van der Waals surface area contributed by atoms with Crippen LogP contribution in [0.2, 0.25) is 0 Å². The van der Waals surface area contributed by atoms with Crippen molar-refractivity contribution in [1.29, 1.82) is 0 Å². The van der Waals surface area contributed by atoms with Gasteiger partial charge in [0.05, 0.1) is 6.04 Å². The number of carbonyl (C=O) groups is 4. The fraction of sp³-hybridized carbons (Fsp3) is 0.615. The van der Waals surface area contributed by atoms with Crippen LogP contribution in [0, 0.1) is 5.92 Å². The topological polar surface area (TPSA) is 200 Å². The van der Waals surface area contributed by atoms with Crippen molar-refractivity contribution in [1.82, 2.24) is 20.9 Å². The van der Waals surface area contributed by atoms with E-state index in [1.54, 1.807) is 31.2 Å². The molecule has 0 heterocycles. The number of nitrogens with one attached hydrogen (secondary N) is 3. The first-order valence-electron chi connectivity index (χ1n) is 13.4. The number of hydrogen-bond acceptors (Lipinski definition) is 8. The molecule has 0 radical (unpaired) electrons. The molecule has 0 saturated carbocycles. The number of imide groups is 1. The van der Waals surface area contributed by atoms with Gasteiger partial charge in [-0.2, -0.15) is 0 Å². The van der Waals surface area contributed by atoms with Gasteiger partial charge < -0.3 is 30.9 Å². The maximum absolute atomic E-state index is 13.2. The Kier molecular flexibility index (Phi) is 15.6. The minimum Gasteiger partial charge on any atom is -0.445 e. The number of likely N-dealkylation sites (N-methyl/N-ethyl adjacent to an activating group) is 1. The molecule has 1 rings (SSSR count). The smallest absolute Gasteiger partial charge is 0.407 e. The van der Waals surface area contributed by atoms with Gasteiger partial charge in [0, 0.05) is 7.05 Å². The standard InChI is InChI=1S/C26H44N5O8P/c1-5-22(40(36,37)38)29-21(15-18(2)3)24(33)30-20(13-9-10-14-27)25(34)31(4)23(32)16-28-26(35)39-17-19-11-7-6-8-12-19/h6-8,11-12,18,20-22,29H,5,9-10,13-17,27H2,1-4H3,(H,28,35)(H,30,33)(H2,36,37,38)/t20-,21-,22+/m0/s1. The Bertz CT molecular complexity index is 1000. The van der Waals surface area contributed by atoms with E-state index in [2.05, 4.69) is 16.0 Å². The zero-order valence-electron chi connectivity index (χ0n) is 23.7. The molecule has 3 atom stereocenters. The van der Waals surface area contributed by atoms with Crippen LogP contribution >= 0.6 is 7.60 Å². The molecule has 1 aromatic carbocycles.